The molecule has 102 valence electrons. The minimum Gasteiger partial charge on any atom is -0.373 e. The van der Waals surface area contributed by atoms with Gasteiger partial charge in [-0.3, -0.25) is 4.90 Å². The summed E-state index contributed by atoms with van der Waals surface area (Å²) in [5.41, 5.74) is 0.306. The van der Waals surface area contributed by atoms with Crippen LogP contribution >= 0.6 is 0 Å². The summed E-state index contributed by atoms with van der Waals surface area (Å²) in [6.07, 6.45) is 0.724. The normalized spacial score (nSPS) is 29.3. The minimum atomic E-state index is 0.306. The molecule has 0 amide bonds. The first-order valence-electron chi connectivity index (χ1n) is 6.94. The van der Waals surface area contributed by atoms with Crippen molar-refractivity contribution >= 4 is 0 Å². The Kier molecular flexibility index (Phi) is 5.42. The third-order valence-corrected chi connectivity index (χ3v) is 3.43. The van der Waals surface area contributed by atoms with Gasteiger partial charge < -0.3 is 10.1 Å². The van der Waals surface area contributed by atoms with E-state index >= 15 is 0 Å². The monoisotopic (exact) mass is 242 g/mol. The summed E-state index contributed by atoms with van der Waals surface area (Å²) in [6.45, 7) is 17.7. The Morgan fingerprint density at radius 2 is 1.76 bits per heavy atom. The van der Waals surface area contributed by atoms with Crippen molar-refractivity contribution in [1.29, 1.82) is 0 Å². The number of rotatable bonds is 4. The highest BCUT2D eigenvalue weighted by molar-refractivity contribution is 4.85. The second-order valence-electron chi connectivity index (χ2n) is 6.45. The molecule has 17 heavy (non-hydrogen) atoms. The zero-order chi connectivity index (χ0) is 13.1. The minimum absolute atomic E-state index is 0.306. The number of nitrogens with zero attached hydrogens (tertiary/aromatic N) is 1. The summed E-state index contributed by atoms with van der Waals surface area (Å²) in [5.74, 6) is 0. The fourth-order valence-electron chi connectivity index (χ4n) is 2.58. The standard InChI is InChI=1S/C14H30N2O/c1-7-15-13(14(4,5)6)10-16-8-11(2)17-12(3)9-16/h11-13,15H,7-10H2,1-6H3. The fourth-order valence-corrected chi connectivity index (χ4v) is 2.58. The Labute approximate surface area is 107 Å². The summed E-state index contributed by atoms with van der Waals surface area (Å²) in [4.78, 5) is 2.54. The smallest absolute Gasteiger partial charge is 0.0678 e. The highest BCUT2D eigenvalue weighted by Crippen LogP contribution is 2.21. The molecule has 1 rings (SSSR count). The van der Waals surface area contributed by atoms with Crippen molar-refractivity contribution < 1.29 is 4.74 Å². The van der Waals surface area contributed by atoms with Gasteiger partial charge in [0.05, 0.1) is 12.2 Å². The topological polar surface area (TPSA) is 24.5 Å². The summed E-state index contributed by atoms with van der Waals surface area (Å²) in [7, 11) is 0. The predicted molar refractivity (Wildman–Crippen MR) is 73.4 cm³/mol. The third kappa shape index (κ3) is 4.94. The molecule has 3 heteroatoms. The molecule has 0 aromatic heterocycles. The highest BCUT2D eigenvalue weighted by atomic mass is 16.5. The van der Waals surface area contributed by atoms with Crippen LogP contribution in [0.1, 0.15) is 41.5 Å². The summed E-state index contributed by atoms with van der Waals surface area (Å²) in [5, 5.41) is 3.62. The lowest BCUT2D eigenvalue weighted by Gasteiger charge is -2.40. The molecule has 1 saturated heterocycles. The van der Waals surface area contributed by atoms with E-state index in [2.05, 4.69) is 51.8 Å². The van der Waals surface area contributed by atoms with Crippen LogP contribution in [-0.4, -0.2) is 49.3 Å². The van der Waals surface area contributed by atoms with E-state index < -0.39 is 0 Å². The van der Waals surface area contributed by atoms with E-state index in [4.69, 9.17) is 4.74 Å². The number of ether oxygens (including phenoxy) is 1. The molecular weight excluding hydrogens is 212 g/mol. The quantitative estimate of drug-likeness (QED) is 0.817. The average molecular weight is 242 g/mol. The Morgan fingerprint density at radius 3 is 2.18 bits per heavy atom. The first-order valence-corrected chi connectivity index (χ1v) is 6.94. The molecule has 1 N–H and O–H groups in total. The Hall–Kier alpha value is -0.120. The summed E-state index contributed by atoms with van der Waals surface area (Å²) in [6, 6.07) is 0.546. The molecule has 0 aliphatic carbocycles. The van der Waals surface area contributed by atoms with Crippen LogP contribution in [0.5, 0.6) is 0 Å². The van der Waals surface area contributed by atoms with Gasteiger partial charge in [-0.1, -0.05) is 27.7 Å². The molecule has 0 aromatic rings. The SMILES string of the molecule is CCNC(CN1CC(C)OC(C)C1)C(C)(C)C. The molecule has 0 saturated carbocycles. The first kappa shape index (κ1) is 14.9. The van der Waals surface area contributed by atoms with Crippen molar-refractivity contribution in [3.8, 4) is 0 Å². The molecule has 3 atom stereocenters. The number of hydrogen-bond acceptors (Lipinski definition) is 3. The molecule has 1 aliphatic rings. The van der Waals surface area contributed by atoms with E-state index in [0.29, 0.717) is 23.7 Å². The van der Waals surface area contributed by atoms with Crippen LogP contribution in [0.15, 0.2) is 0 Å². The number of nitrogens with one attached hydrogen (secondary N) is 1. The van der Waals surface area contributed by atoms with Gasteiger partial charge in [0.15, 0.2) is 0 Å². The Balaban J connectivity index is 2.54. The molecule has 0 bridgehead atoms. The fraction of sp³-hybridized carbons (Fsp3) is 1.00. The molecule has 0 aromatic carbocycles. The van der Waals surface area contributed by atoms with Crippen molar-refractivity contribution in [2.75, 3.05) is 26.2 Å². The Morgan fingerprint density at radius 1 is 1.24 bits per heavy atom. The van der Waals surface area contributed by atoms with Crippen molar-refractivity contribution in [2.45, 2.75) is 59.8 Å². The van der Waals surface area contributed by atoms with Crippen LogP contribution in [-0.2, 0) is 4.74 Å². The lowest BCUT2D eigenvalue weighted by molar-refractivity contribution is -0.0724. The van der Waals surface area contributed by atoms with Gasteiger partial charge in [0.25, 0.3) is 0 Å². The van der Waals surface area contributed by atoms with Gasteiger partial charge in [-0.25, -0.2) is 0 Å². The molecule has 1 heterocycles. The van der Waals surface area contributed by atoms with E-state index in [1.807, 2.05) is 0 Å². The number of likely N-dealkylation sites (N-methyl/N-ethyl adjacent to an activating group) is 1. The lowest BCUT2D eigenvalue weighted by atomic mass is 9.86. The van der Waals surface area contributed by atoms with E-state index in [9.17, 15) is 0 Å². The van der Waals surface area contributed by atoms with Crippen LogP contribution in [0.4, 0.5) is 0 Å². The van der Waals surface area contributed by atoms with Crippen molar-refractivity contribution in [1.82, 2.24) is 10.2 Å². The van der Waals surface area contributed by atoms with Crippen molar-refractivity contribution in [3.05, 3.63) is 0 Å². The number of morpholine rings is 1. The zero-order valence-electron chi connectivity index (χ0n) is 12.4. The summed E-state index contributed by atoms with van der Waals surface area (Å²) >= 11 is 0. The van der Waals surface area contributed by atoms with Crippen LogP contribution in [0.2, 0.25) is 0 Å². The number of hydrogen-bond donors (Lipinski definition) is 1. The van der Waals surface area contributed by atoms with Gasteiger partial charge in [-0.05, 0) is 25.8 Å². The van der Waals surface area contributed by atoms with Gasteiger partial charge in [0, 0.05) is 25.7 Å². The average Bonchev–Trinajstić information content (AvgIpc) is 2.13. The molecular formula is C14H30N2O. The van der Waals surface area contributed by atoms with E-state index in [0.717, 1.165) is 26.2 Å². The zero-order valence-corrected chi connectivity index (χ0v) is 12.4. The van der Waals surface area contributed by atoms with Gasteiger partial charge >= 0.3 is 0 Å². The molecule has 1 aliphatic heterocycles. The molecule has 3 nitrogen and oxygen atoms in total. The van der Waals surface area contributed by atoms with E-state index in [1.54, 1.807) is 0 Å². The lowest BCUT2D eigenvalue weighted by Crippen LogP contribution is -2.53. The van der Waals surface area contributed by atoms with Crippen LogP contribution in [0, 0.1) is 5.41 Å². The molecule has 0 radical (unpaired) electrons. The van der Waals surface area contributed by atoms with Crippen LogP contribution in [0.25, 0.3) is 0 Å². The largest absolute Gasteiger partial charge is 0.373 e. The maximum absolute atomic E-state index is 5.78. The van der Waals surface area contributed by atoms with Gasteiger partial charge in [0.2, 0.25) is 0 Å². The Bertz CT molecular complexity index is 215. The van der Waals surface area contributed by atoms with Crippen LogP contribution in [0.3, 0.4) is 0 Å². The second kappa shape index (κ2) is 6.17. The maximum atomic E-state index is 5.78. The highest BCUT2D eigenvalue weighted by Gasteiger charge is 2.29. The van der Waals surface area contributed by atoms with E-state index in [1.165, 1.54) is 0 Å². The van der Waals surface area contributed by atoms with Gasteiger partial charge in [-0.15, -0.1) is 0 Å². The van der Waals surface area contributed by atoms with E-state index in [-0.39, 0.29) is 0 Å². The molecule has 1 fully saturated rings. The predicted octanol–water partition coefficient (Wildman–Crippen LogP) is 2.12. The van der Waals surface area contributed by atoms with Crippen molar-refractivity contribution in [2.24, 2.45) is 5.41 Å². The van der Waals surface area contributed by atoms with Crippen molar-refractivity contribution in [3.63, 3.8) is 0 Å². The second-order valence-corrected chi connectivity index (χ2v) is 6.45. The molecule has 3 unspecified atom stereocenters. The first-order chi connectivity index (χ1) is 7.82. The van der Waals surface area contributed by atoms with Gasteiger partial charge in [-0.2, -0.15) is 0 Å². The third-order valence-electron chi connectivity index (χ3n) is 3.43. The van der Waals surface area contributed by atoms with Gasteiger partial charge in [0.1, 0.15) is 0 Å². The maximum Gasteiger partial charge on any atom is 0.0678 e. The summed E-state index contributed by atoms with van der Waals surface area (Å²) < 4.78 is 5.78. The van der Waals surface area contributed by atoms with Crippen LogP contribution < -0.4 is 5.32 Å². The molecule has 0 spiro atoms.